The summed E-state index contributed by atoms with van der Waals surface area (Å²) >= 11 is 0. The summed E-state index contributed by atoms with van der Waals surface area (Å²) < 4.78 is 5.29. The molecule has 19 heavy (non-hydrogen) atoms. The second-order valence-electron chi connectivity index (χ2n) is 4.89. The van der Waals surface area contributed by atoms with Crippen LogP contribution in [-0.4, -0.2) is 17.1 Å². The molecule has 2 aromatic heterocycles. The van der Waals surface area contributed by atoms with Crippen molar-refractivity contribution in [3.8, 4) is 17.0 Å². The van der Waals surface area contributed by atoms with E-state index in [9.17, 15) is 0 Å². The maximum Gasteiger partial charge on any atom is 0.120 e. The zero-order valence-corrected chi connectivity index (χ0v) is 10.7. The molecular formula is C16H14N2O. The van der Waals surface area contributed by atoms with Crippen LogP contribution >= 0.6 is 0 Å². The fourth-order valence-electron chi connectivity index (χ4n) is 2.96. The molecule has 94 valence electrons. The van der Waals surface area contributed by atoms with Crippen molar-refractivity contribution in [3.63, 3.8) is 0 Å². The summed E-state index contributed by atoms with van der Waals surface area (Å²) in [4.78, 5) is 8.00. The van der Waals surface area contributed by atoms with Gasteiger partial charge in [-0.1, -0.05) is 0 Å². The lowest BCUT2D eigenvalue weighted by Crippen LogP contribution is -2.04. The van der Waals surface area contributed by atoms with Gasteiger partial charge in [0, 0.05) is 34.4 Å². The van der Waals surface area contributed by atoms with Crippen LogP contribution in [0.4, 0.5) is 0 Å². The smallest absolute Gasteiger partial charge is 0.120 e. The van der Waals surface area contributed by atoms with Gasteiger partial charge in [-0.05, 0) is 42.7 Å². The predicted molar refractivity (Wildman–Crippen MR) is 75.5 cm³/mol. The third kappa shape index (κ3) is 1.48. The van der Waals surface area contributed by atoms with E-state index in [1.807, 2.05) is 18.3 Å². The highest BCUT2D eigenvalue weighted by Crippen LogP contribution is 2.37. The summed E-state index contributed by atoms with van der Waals surface area (Å²) in [5.74, 6) is 0.887. The zero-order valence-electron chi connectivity index (χ0n) is 10.7. The molecule has 1 N–H and O–H groups in total. The van der Waals surface area contributed by atoms with Gasteiger partial charge in [-0.3, -0.25) is 4.98 Å². The van der Waals surface area contributed by atoms with Crippen LogP contribution in [0.1, 0.15) is 11.3 Å². The lowest BCUT2D eigenvalue weighted by molar-refractivity contribution is 0.415. The van der Waals surface area contributed by atoms with Crippen LogP contribution in [0.3, 0.4) is 0 Å². The Morgan fingerprint density at radius 2 is 2.16 bits per heavy atom. The van der Waals surface area contributed by atoms with Gasteiger partial charge < -0.3 is 9.72 Å². The molecule has 3 aromatic rings. The van der Waals surface area contributed by atoms with E-state index in [0.717, 1.165) is 24.1 Å². The molecule has 0 aliphatic heterocycles. The molecule has 3 heteroatoms. The SMILES string of the molecule is COc1ccc2c3c([nH]c2c1)-c1cccnc1CC3. The largest absolute Gasteiger partial charge is 0.497 e. The predicted octanol–water partition coefficient (Wildman–Crippen LogP) is 3.34. The van der Waals surface area contributed by atoms with Crippen molar-refractivity contribution in [1.29, 1.82) is 0 Å². The first kappa shape index (κ1) is 10.6. The molecule has 3 nitrogen and oxygen atoms in total. The molecular weight excluding hydrogens is 236 g/mol. The van der Waals surface area contributed by atoms with Crippen LogP contribution in [0.15, 0.2) is 36.5 Å². The molecule has 2 heterocycles. The maximum absolute atomic E-state index is 5.29. The Bertz CT molecular complexity index is 774. The highest BCUT2D eigenvalue weighted by atomic mass is 16.5. The van der Waals surface area contributed by atoms with Crippen LogP contribution in [-0.2, 0) is 12.8 Å². The molecule has 0 spiro atoms. The summed E-state index contributed by atoms with van der Waals surface area (Å²) in [5, 5.41) is 1.30. The van der Waals surface area contributed by atoms with Crippen molar-refractivity contribution in [2.45, 2.75) is 12.8 Å². The second kappa shape index (κ2) is 3.85. The number of rotatable bonds is 1. The molecule has 0 bridgehead atoms. The van der Waals surface area contributed by atoms with Gasteiger partial charge in [-0.25, -0.2) is 0 Å². The fourth-order valence-corrected chi connectivity index (χ4v) is 2.96. The number of hydrogen-bond acceptors (Lipinski definition) is 2. The normalized spacial score (nSPS) is 13.1. The Morgan fingerprint density at radius 1 is 1.21 bits per heavy atom. The molecule has 1 aliphatic carbocycles. The first-order valence-electron chi connectivity index (χ1n) is 6.49. The third-order valence-corrected chi connectivity index (χ3v) is 3.88. The minimum Gasteiger partial charge on any atom is -0.497 e. The van der Waals surface area contributed by atoms with E-state index in [0.29, 0.717) is 0 Å². The van der Waals surface area contributed by atoms with Crippen molar-refractivity contribution in [1.82, 2.24) is 9.97 Å². The number of H-pyrrole nitrogens is 1. The summed E-state index contributed by atoms with van der Waals surface area (Å²) in [6, 6.07) is 10.4. The lowest BCUT2D eigenvalue weighted by Gasteiger charge is -2.14. The number of nitrogens with zero attached hydrogens (tertiary/aromatic N) is 1. The van der Waals surface area contributed by atoms with Gasteiger partial charge in [-0.2, -0.15) is 0 Å². The molecule has 0 unspecified atom stereocenters. The van der Waals surface area contributed by atoms with E-state index in [1.54, 1.807) is 7.11 Å². The Balaban J connectivity index is 2.01. The van der Waals surface area contributed by atoms with E-state index < -0.39 is 0 Å². The van der Waals surface area contributed by atoms with Crippen LogP contribution < -0.4 is 4.74 Å². The molecule has 4 rings (SSSR count). The zero-order chi connectivity index (χ0) is 12.8. The van der Waals surface area contributed by atoms with Crippen molar-refractivity contribution < 1.29 is 4.74 Å². The van der Waals surface area contributed by atoms with Crippen LogP contribution in [0.2, 0.25) is 0 Å². The van der Waals surface area contributed by atoms with Crippen LogP contribution in [0.25, 0.3) is 22.2 Å². The molecule has 0 fully saturated rings. The van der Waals surface area contributed by atoms with Gasteiger partial charge in [0.2, 0.25) is 0 Å². The first-order chi connectivity index (χ1) is 9.36. The number of nitrogens with one attached hydrogen (secondary N) is 1. The van der Waals surface area contributed by atoms with E-state index in [2.05, 4.69) is 28.2 Å². The first-order valence-corrected chi connectivity index (χ1v) is 6.49. The molecule has 0 saturated carbocycles. The number of aromatic nitrogens is 2. The van der Waals surface area contributed by atoms with Gasteiger partial charge in [0.05, 0.1) is 12.8 Å². The summed E-state index contributed by atoms with van der Waals surface area (Å²) in [6.07, 6.45) is 3.93. The Kier molecular flexibility index (Phi) is 2.15. The van der Waals surface area contributed by atoms with E-state index in [1.165, 1.54) is 27.9 Å². The molecule has 1 aromatic carbocycles. The highest BCUT2D eigenvalue weighted by Gasteiger charge is 2.21. The molecule has 0 amide bonds. The topological polar surface area (TPSA) is 37.9 Å². The highest BCUT2D eigenvalue weighted by molar-refractivity contribution is 5.92. The van der Waals surface area contributed by atoms with E-state index >= 15 is 0 Å². The number of aromatic amines is 1. The van der Waals surface area contributed by atoms with Gasteiger partial charge >= 0.3 is 0 Å². The van der Waals surface area contributed by atoms with E-state index in [-0.39, 0.29) is 0 Å². The van der Waals surface area contributed by atoms with Crippen molar-refractivity contribution in [3.05, 3.63) is 47.8 Å². The van der Waals surface area contributed by atoms with Gasteiger partial charge in [0.15, 0.2) is 0 Å². The fraction of sp³-hybridized carbons (Fsp3) is 0.188. The average molecular weight is 250 g/mol. The molecule has 0 atom stereocenters. The van der Waals surface area contributed by atoms with Gasteiger partial charge in [0.25, 0.3) is 0 Å². The Hall–Kier alpha value is -2.29. The number of ether oxygens (including phenoxy) is 1. The maximum atomic E-state index is 5.29. The Labute approximate surface area is 111 Å². The minimum atomic E-state index is 0.887. The number of pyridine rings is 1. The number of aryl methyl sites for hydroxylation is 2. The minimum absolute atomic E-state index is 0.887. The van der Waals surface area contributed by atoms with Crippen LogP contribution in [0.5, 0.6) is 5.75 Å². The average Bonchev–Trinajstić information content (AvgIpc) is 2.85. The molecule has 0 saturated heterocycles. The standard InChI is InChI=1S/C16H14N2O/c1-19-10-4-5-11-12-6-7-14-13(3-2-8-17-14)16(12)18-15(11)9-10/h2-5,8-9,18H,6-7H2,1H3. The number of hydrogen-bond donors (Lipinski definition) is 1. The van der Waals surface area contributed by atoms with Gasteiger partial charge in [-0.15, -0.1) is 0 Å². The molecule has 0 radical (unpaired) electrons. The number of fused-ring (bicyclic) bond motifs is 5. The van der Waals surface area contributed by atoms with Gasteiger partial charge in [0.1, 0.15) is 5.75 Å². The summed E-state index contributed by atoms with van der Waals surface area (Å²) in [5.41, 5.74) is 6.18. The summed E-state index contributed by atoms with van der Waals surface area (Å²) in [6.45, 7) is 0. The number of benzene rings is 1. The van der Waals surface area contributed by atoms with Crippen molar-refractivity contribution in [2.24, 2.45) is 0 Å². The van der Waals surface area contributed by atoms with Crippen molar-refractivity contribution >= 4 is 10.9 Å². The molecule has 1 aliphatic rings. The number of methoxy groups -OCH3 is 1. The quantitative estimate of drug-likeness (QED) is 0.719. The summed E-state index contributed by atoms with van der Waals surface area (Å²) in [7, 11) is 1.70. The second-order valence-corrected chi connectivity index (χ2v) is 4.89. The monoisotopic (exact) mass is 250 g/mol. The van der Waals surface area contributed by atoms with E-state index in [4.69, 9.17) is 4.74 Å². The lowest BCUT2D eigenvalue weighted by atomic mass is 9.92. The van der Waals surface area contributed by atoms with Crippen LogP contribution in [0, 0.1) is 0 Å². The van der Waals surface area contributed by atoms with Crippen molar-refractivity contribution in [2.75, 3.05) is 7.11 Å². The Morgan fingerprint density at radius 3 is 3.05 bits per heavy atom. The third-order valence-electron chi connectivity index (χ3n) is 3.88.